The Labute approximate surface area is 85.3 Å². The molecule has 0 bridgehead atoms. The third-order valence-electron chi connectivity index (χ3n) is 1.75. The lowest BCUT2D eigenvalue weighted by atomic mass is 10.2. The molecule has 5 heteroatoms. The van der Waals surface area contributed by atoms with Crippen molar-refractivity contribution < 1.29 is 0 Å². The van der Waals surface area contributed by atoms with Crippen LogP contribution in [0.2, 0.25) is 5.02 Å². The Morgan fingerprint density at radius 1 is 1.43 bits per heavy atom. The van der Waals surface area contributed by atoms with Gasteiger partial charge in [0.25, 0.3) is 0 Å². The van der Waals surface area contributed by atoms with Crippen molar-refractivity contribution in [2.24, 2.45) is 0 Å². The zero-order valence-electron chi connectivity index (χ0n) is 7.05. The summed E-state index contributed by atoms with van der Waals surface area (Å²) < 4.78 is 1.50. The third kappa shape index (κ3) is 1.45. The quantitative estimate of drug-likeness (QED) is 0.712. The maximum absolute atomic E-state index is 8.85. The maximum Gasteiger partial charge on any atom is 0.101 e. The Morgan fingerprint density at radius 2 is 2.29 bits per heavy atom. The Balaban J connectivity index is 2.63. The summed E-state index contributed by atoms with van der Waals surface area (Å²) >= 11 is 5.82. The molecule has 0 saturated carbocycles. The highest BCUT2D eigenvalue weighted by atomic mass is 35.5. The van der Waals surface area contributed by atoms with Gasteiger partial charge in [-0.1, -0.05) is 16.8 Å². The minimum atomic E-state index is 0.514. The number of aromatic nitrogens is 3. The highest BCUT2D eigenvalue weighted by Gasteiger charge is 2.05. The van der Waals surface area contributed by atoms with Crippen LogP contribution in [0.15, 0.2) is 30.6 Å². The molecule has 0 aliphatic rings. The lowest BCUT2D eigenvalue weighted by molar-refractivity contribution is 0.801. The topological polar surface area (TPSA) is 54.5 Å². The van der Waals surface area contributed by atoms with Crippen LogP contribution in [0.3, 0.4) is 0 Å². The molecule has 1 aromatic carbocycles. The zero-order valence-corrected chi connectivity index (χ0v) is 7.81. The van der Waals surface area contributed by atoms with Crippen molar-refractivity contribution in [1.29, 1.82) is 5.26 Å². The number of rotatable bonds is 1. The van der Waals surface area contributed by atoms with Crippen LogP contribution in [0.25, 0.3) is 5.69 Å². The fourth-order valence-electron chi connectivity index (χ4n) is 1.13. The smallest absolute Gasteiger partial charge is 0.101 e. The van der Waals surface area contributed by atoms with Gasteiger partial charge >= 0.3 is 0 Å². The number of nitriles is 1. The fraction of sp³-hybridized carbons (Fsp3) is 0. The van der Waals surface area contributed by atoms with Crippen LogP contribution in [-0.4, -0.2) is 15.0 Å². The molecule has 0 saturated heterocycles. The molecule has 0 aliphatic heterocycles. The Kier molecular flexibility index (Phi) is 2.17. The summed E-state index contributed by atoms with van der Waals surface area (Å²) in [7, 11) is 0. The average molecular weight is 205 g/mol. The van der Waals surface area contributed by atoms with Gasteiger partial charge in [-0.2, -0.15) is 5.26 Å². The number of hydrogen-bond acceptors (Lipinski definition) is 3. The number of halogens is 1. The molecule has 68 valence electrons. The SMILES string of the molecule is N#Cc1ccc(Cl)cc1-n1ccnn1. The lowest BCUT2D eigenvalue weighted by Gasteiger charge is -2.02. The normalized spacial score (nSPS) is 9.71. The molecular formula is C9H5ClN4. The minimum absolute atomic E-state index is 0.514. The van der Waals surface area contributed by atoms with E-state index in [9.17, 15) is 0 Å². The molecule has 1 heterocycles. The van der Waals surface area contributed by atoms with Gasteiger partial charge in [0.15, 0.2) is 0 Å². The number of nitrogens with zero attached hydrogens (tertiary/aromatic N) is 4. The van der Waals surface area contributed by atoms with Gasteiger partial charge < -0.3 is 0 Å². The van der Waals surface area contributed by atoms with Gasteiger partial charge in [0, 0.05) is 5.02 Å². The predicted molar refractivity (Wildman–Crippen MR) is 51.1 cm³/mol. The Bertz CT molecular complexity index is 484. The van der Waals surface area contributed by atoms with Crippen LogP contribution >= 0.6 is 11.6 Å². The van der Waals surface area contributed by atoms with Crippen molar-refractivity contribution in [2.45, 2.75) is 0 Å². The van der Waals surface area contributed by atoms with Gasteiger partial charge in [0.1, 0.15) is 6.07 Å². The Hall–Kier alpha value is -1.86. The van der Waals surface area contributed by atoms with Gasteiger partial charge in [-0.25, -0.2) is 4.68 Å². The van der Waals surface area contributed by atoms with Crippen LogP contribution in [0, 0.1) is 11.3 Å². The maximum atomic E-state index is 8.85. The van der Waals surface area contributed by atoms with E-state index in [1.165, 1.54) is 4.68 Å². The van der Waals surface area contributed by atoms with Crippen molar-refractivity contribution in [2.75, 3.05) is 0 Å². The number of hydrogen-bond donors (Lipinski definition) is 0. The molecule has 4 nitrogen and oxygen atoms in total. The molecule has 2 aromatic rings. The first-order valence-electron chi connectivity index (χ1n) is 3.87. The molecule has 1 aromatic heterocycles. The van der Waals surface area contributed by atoms with E-state index in [1.54, 1.807) is 30.6 Å². The zero-order chi connectivity index (χ0) is 9.97. The van der Waals surface area contributed by atoms with Gasteiger partial charge in [0.05, 0.1) is 23.6 Å². The van der Waals surface area contributed by atoms with Gasteiger partial charge in [-0.05, 0) is 18.2 Å². The second-order valence-corrected chi connectivity index (χ2v) is 3.06. The first kappa shape index (κ1) is 8.73. The molecule has 0 atom stereocenters. The van der Waals surface area contributed by atoms with Gasteiger partial charge in [-0.3, -0.25) is 0 Å². The van der Waals surface area contributed by atoms with Gasteiger partial charge in [-0.15, -0.1) is 5.10 Å². The van der Waals surface area contributed by atoms with E-state index < -0.39 is 0 Å². The van der Waals surface area contributed by atoms with E-state index in [-0.39, 0.29) is 0 Å². The van der Waals surface area contributed by atoms with Crippen molar-refractivity contribution >= 4 is 11.6 Å². The Morgan fingerprint density at radius 3 is 2.93 bits per heavy atom. The van der Waals surface area contributed by atoms with Crippen LogP contribution in [0.4, 0.5) is 0 Å². The molecule has 0 N–H and O–H groups in total. The molecule has 14 heavy (non-hydrogen) atoms. The molecule has 0 spiro atoms. The first-order valence-corrected chi connectivity index (χ1v) is 4.25. The molecule has 0 radical (unpaired) electrons. The predicted octanol–water partition coefficient (Wildman–Crippen LogP) is 1.79. The molecule has 0 amide bonds. The lowest BCUT2D eigenvalue weighted by Crippen LogP contribution is -1.98. The van der Waals surface area contributed by atoms with Crippen molar-refractivity contribution in [1.82, 2.24) is 15.0 Å². The molecule has 2 rings (SSSR count). The minimum Gasteiger partial charge on any atom is -0.219 e. The van der Waals surface area contributed by atoms with E-state index in [0.717, 1.165) is 0 Å². The molecule has 0 fully saturated rings. The second kappa shape index (κ2) is 3.48. The summed E-state index contributed by atoms with van der Waals surface area (Å²) in [5.41, 5.74) is 1.15. The van der Waals surface area contributed by atoms with Gasteiger partial charge in [0.2, 0.25) is 0 Å². The summed E-state index contributed by atoms with van der Waals surface area (Å²) in [6.07, 6.45) is 3.20. The van der Waals surface area contributed by atoms with Crippen LogP contribution in [0.1, 0.15) is 5.56 Å². The van der Waals surface area contributed by atoms with Crippen LogP contribution < -0.4 is 0 Å². The van der Waals surface area contributed by atoms with Crippen molar-refractivity contribution in [3.63, 3.8) is 0 Å². The van der Waals surface area contributed by atoms with E-state index in [4.69, 9.17) is 16.9 Å². The monoisotopic (exact) mass is 204 g/mol. The molecular weight excluding hydrogens is 200 g/mol. The van der Waals surface area contributed by atoms with Crippen molar-refractivity contribution in [3.8, 4) is 11.8 Å². The van der Waals surface area contributed by atoms with E-state index in [2.05, 4.69) is 16.4 Å². The van der Waals surface area contributed by atoms with Crippen LogP contribution in [0.5, 0.6) is 0 Å². The highest BCUT2D eigenvalue weighted by molar-refractivity contribution is 6.30. The first-order chi connectivity index (χ1) is 6.81. The average Bonchev–Trinajstić information content (AvgIpc) is 2.70. The molecule has 0 aliphatic carbocycles. The summed E-state index contributed by atoms with van der Waals surface area (Å²) in [5.74, 6) is 0. The molecule has 0 unspecified atom stereocenters. The fourth-order valence-corrected chi connectivity index (χ4v) is 1.29. The third-order valence-corrected chi connectivity index (χ3v) is 1.98. The number of benzene rings is 1. The summed E-state index contributed by atoms with van der Waals surface area (Å²) in [6, 6.07) is 7.06. The largest absolute Gasteiger partial charge is 0.219 e. The van der Waals surface area contributed by atoms with E-state index in [0.29, 0.717) is 16.3 Å². The summed E-state index contributed by atoms with van der Waals surface area (Å²) in [4.78, 5) is 0. The van der Waals surface area contributed by atoms with E-state index in [1.807, 2.05) is 0 Å². The van der Waals surface area contributed by atoms with Crippen molar-refractivity contribution in [3.05, 3.63) is 41.2 Å². The van der Waals surface area contributed by atoms with E-state index >= 15 is 0 Å². The van der Waals surface area contributed by atoms with Crippen LogP contribution in [-0.2, 0) is 0 Å². The standard InChI is InChI=1S/C9H5ClN4/c10-8-2-1-7(6-11)9(5-8)14-4-3-12-13-14/h1-5H. The summed E-state index contributed by atoms with van der Waals surface area (Å²) in [6.45, 7) is 0. The summed E-state index contributed by atoms with van der Waals surface area (Å²) in [5, 5.41) is 16.9. The second-order valence-electron chi connectivity index (χ2n) is 2.62. The highest BCUT2D eigenvalue weighted by Crippen LogP contribution is 2.18.